The Morgan fingerprint density at radius 2 is 1.53 bits per heavy atom. The maximum Gasteiger partial charge on any atom is 0.505 e. The molecule has 0 aliphatic carbocycles. The zero-order valence-corrected chi connectivity index (χ0v) is 12.8. The van der Waals surface area contributed by atoms with Crippen molar-refractivity contribution in [2.75, 3.05) is 0 Å². The lowest BCUT2D eigenvalue weighted by Gasteiger charge is -1.92. The molecular formula is C16H14ClMgN. The second-order valence-electron chi connectivity index (χ2n) is 4.12. The highest BCUT2D eigenvalue weighted by atomic mass is 35.5. The van der Waals surface area contributed by atoms with Gasteiger partial charge >= 0.3 is 19.3 Å². The van der Waals surface area contributed by atoms with Gasteiger partial charge < -0.3 is 9.07 Å². The highest BCUT2D eigenvalue weighted by molar-refractivity contribution is 6.93. The SMILES string of the molecule is [Cl][Mg][CH2]c1ccccc1.c1ccc2ncccc2c1. The number of hydrogen-bond acceptors (Lipinski definition) is 1. The van der Waals surface area contributed by atoms with Gasteiger partial charge in [0, 0.05) is 11.6 Å². The summed E-state index contributed by atoms with van der Waals surface area (Å²) < 4.78 is 1.11. The summed E-state index contributed by atoms with van der Waals surface area (Å²) in [4.78, 5) is 4.18. The van der Waals surface area contributed by atoms with Gasteiger partial charge in [-0.3, -0.25) is 4.98 Å². The van der Waals surface area contributed by atoms with E-state index < -0.39 is 0 Å². The number of pyridine rings is 1. The Morgan fingerprint density at radius 1 is 0.842 bits per heavy atom. The van der Waals surface area contributed by atoms with Gasteiger partial charge in [-0.15, -0.1) is 0 Å². The maximum atomic E-state index is 5.67. The normalized spacial score (nSPS) is 9.32. The second kappa shape index (κ2) is 8.15. The molecule has 92 valence electrons. The first-order chi connectivity index (χ1) is 9.40. The van der Waals surface area contributed by atoms with E-state index in [0.717, 1.165) is 10.1 Å². The molecule has 0 fully saturated rings. The molecule has 1 nitrogen and oxygen atoms in total. The average Bonchev–Trinajstić information content (AvgIpc) is 2.50. The smallest absolute Gasteiger partial charge is 0.345 e. The van der Waals surface area contributed by atoms with Gasteiger partial charge in [0.25, 0.3) is 0 Å². The molecule has 0 radical (unpaired) electrons. The molecule has 3 aromatic rings. The van der Waals surface area contributed by atoms with Crippen molar-refractivity contribution >= 4 is 39.2 Å². The summed E-state index contributed by atoms with van der Waals surface area (Å²) in [5, 5.41) is 1.20. The summed E-state index contributed by atoms with van der Waals surface area (Å²) in [7, 11) is 5.67. The summed E-state index contributed by atoms with van der Waals surface area (Å²) >= 11 is -0.312. The molecule has 0 N–H and O–H groups in total. The molecule has 19 heavy (non-hydrogen) atoms. The molecule has 2 aromatic carbocycles. The van der Waals surface area contributed by atoms with Gasteiger partial charge in [-0.1, -0.05) is 64.7 Å². The van der Waals surface area contributed by atoms with Gasteiger partial charge in [-0.2, -0.15) is 0 Å². The molecule has 0 aliphatic rings. The van der Waals surface area contributed by atoms with Crippen LogP contribution < -0.4 is 0 Å². The van der Waals surface area contributed by atoms with E-state index in [4.69, 9.17) is 9.07 Å². The minimum absolute atomic E-state index is 0.312. The van der Waals surface area contributed by atoms with Crippen LogP contribution in [0.5, 0.6) is 0 Å². The van der Waals surface area contributed by atoms with Gasteiger partial charge in [0.2, 0.25) is 0 Å². The fraction of sp³-hybridized carbons (Fsp3) is 0.0625. The van der Waals surface area contributed by atoms with Crippen molar-refractivity contribution in [3.8, 4) is 0 Å². The molecule has 3 rings (SSSR count). The number of fused-ring (bicyclic) bond motifs is 1. The minimum atomic E-state index is -0.312. The third kappa shape index (κ3) is 4.82. The number of hydrogen-bond donors (Lipinski definition) is 0. The van der Waals surface area contributed by atoms with Crippen LogP contribution in [0, 0.1) is 0 Å². The Morgan fingerprint density at radius 3 is 2.26 bits per heavy atom. The summed E-state index contributed by atoms with van der Waals surface area (Å²) in [6.07, 6.45) is 1.81. The Labute approximate surface area is 127 Å². The van der Waals surface area contributed by atoms with Crippen molar-refractivity contribution in [3.05, 3.63) is 78.5 Å². The van der Waals surface area contributed by atoms with Gasteiger partial charge in [0.1, 0.15) is 0 Å². The third-order valence-corrected chi connectivity index (χ3v) is 4.07. The van der Waals surface area contributed by atoms with Gasteiger partial charge in [0.05, 0.1) is 5.52 Å². The largest absolute Gasteiger partial charge is 0.505 e. The molecule has 1 heterocycles. The molecule has 0 saturated carbocycles. The van der Waals surface area contributed by atoms with E-state index in [1.165, 1.54) is 10.9 Å². The molecule has 0 bridgehead atoms. The fourth-order valence-corrected chi connectivity index (χ4v) is 2.98. The first-order valence-electron chi connectivity index (χ1n) is 6.30. The van der Waals surface area contributed by atoms with Crippen LogP contribution >= 0.6 is 9.07 Å². The van der Waals surface area contributed by atoms with Crippen molar-refractivity contribution in [3.63, 3.8) is 0 Å². The molecular weight excluding hydrogens is 266 g/mol. The first-order valence-corrected chi connectivity index (χ1v) is 9.43. The number of benzene rings is 2. The van der Waals surface area contributed by atoms with Crippen LogP contribution in [0.15, 0.2) is 72.9 Å². The van der Waals surface area contributed by atoms with E-state index in [1.807, 2.05) is 36.5 Å². The number of para-hydroxylation sites is 1. The van der Waals surface area contributed by atoms with Crippen molar-refractivity contribution in [2.45, 2.75) is 4.55 Å². The molecule has 0 aliphatic heterocycles. The zero-order chi connectivity index (χ0) is 13.3. The van der Waals surface area contributed by atoms with Crippen LogP contribution in [0.1, 0.15) is 5.56 Å². The summed E-state index contributed by atoms with van der Waals surface area (Å²) in [6.45, 7) is 0. The van der Waals surface area contributed by atoms with E-state index >= 15 is 0 Å². The number of halogens is 1. The fourth-order valence-electron chi connectivity index (χ4n) is 1.77. The zero-order valence-electron chi connectivity index (χ0n) is 10.7. The van der Waals surface area contributed by atoms with Crippen LogP contribution in [-0.4, -0.2) is 24.2 Å². The maximum absolute atomic E-state index is 5.67. The van der Waals surface area contributed by atoms with E-state index in [0.29, 0.717) is 0 Å². The third-order valence-electron chi connectivity index (χ3n) is 2.74. The lowest BCUT2D eigenvalue weighted by Crippen LogP contribution is -1.86. The number of aromatic nitrogens is 1. The predicted octanol–water partition coefficient (Wildman–Crippen LogP) is 4.28. The van der Waals surface area contributed by atoms with Gasteiger partial charge in [0.15, 0.2) is 0 Å². The highest BCUT2D eigenvalue weighted by Gasteiger charge is 1.91. The number of nitrogens with zero attached hydrogens (tertiary/aromatic N) is 1. The van der Waals surface area contributed by atoms with E-state index in [1.54, 1.807) is 0 Å². The first kappa shape index (κ1) is 14.3. The van der Waals surface area contributed by atoms with Crippen LogP contribution in [0.25, 0.3) is 10.9 Å². The quantitative estimate of drug-likeness (QED) is 0.638. The molecule has 0 atom stereocenters. The Kier molecular flexibility index (Phi) is 6.14. The summed E-state index contributed by atoms with van der Waals surface area (Å²) in [5.74, 6) is 0. The van der Waals surface area contributed by atoms with Crippen molar-refractivity contribution in [1.82, 2.24) is 4.98 Å². The van der Waals surface area contributed by atoms with Crippen molar-refractivity contribution in [1.29, 1.82) is 0 Å². The van der Waals surface area contributed by atoms with Crippen LogP contribution in [0.4, 0.5) is 0 Å². The minimum Gasteiger partial charge on any atom is -0.345 e. The Hall–Kier alpha value is -1.09. The van der Waals surface area contributed by atoms with Crippen LogP contribution in [0.3, 0.4) is 0 Å². The highest BCUT2D eigenvalue weighted by Crippen LogP contribution is 2.07. The van der Waals surface area contributed by atoms with Crippen molar-refractivity contribution in [2.24, 2.45) is 0 Å². The van der Waals surface area contributed by atoms with Crippen molar-refractivity contribution < 1.29 is 0 Å². The average molecular weight is 280 g/mol. The van der Waals surface area contributed by atoms with E-state index in [9.17, 15) is 0 Å². The second-order valence-corrected chi connectivity index (χ2v) is 6.13. The lowest BCUT2D eigenvalue weighted by molar-refractivity contribution is 1.40. The molecule has 0 spiro atoms. The molecule has 0 saturated heterocycles. The monoisotopic (exact) mass is 279 g/mol. The van der Waals surface area contributed by atoms with Gasteiger partial charge in [-0.05, 0) is 12.1 Å². The van der Waals surface area contributed by atoms with E-state index in [2.05, 4.69) is 41.4 Å². The standard InChI is InChI=1S/C9H7N.C7H7.ClH.Mg/c1-2-6-9-8(4-1)5-3-7-10-9;1-7-5-3-2-4-6-7;;/h1-7H;2-6H,1H2;1H;/q;;;+1/p-1. The Balaban J connectivity index is 0.000000141. The lowest BCUT2D eigenvalue weighted by atomic mass is 10.2. The van der Waals surface area contributed by atoms with Crippen LogP contribution in [0.2, 0.25) is 0 Å². The van der Waals surface area contributed by atoms with E-state index in [-0.39, 0.29) is 19.3 Å². The molecule has 1 aromatic heterocycles. The molecule has 0 unspecified atom stereocenters. The predicted molar refractivity (Wildman–Crippen MR) is 83.5 cm³/mol. The Bertz CT molecular complexity index is 548. The topological polar surface area (TPSA) is 12.9 Å². The van der Waals surface area contributed by atoms with Crippen LogP contribution in [-0.2, 0) is 4.55 Å². The summed E-state index contributed by atoms with van der Waals surface area (Å²) in [5.41, 5.74) is 2.43. The molecule has 0 amide bonds. The summed E-state index contributed by atoms with van der Waals surface area (Å²) in [6, 6.07) is 22.5. The number of rotatable bonds is 2. The van der Waals surface area contributed by atoms with Gasteiger partial charge in [-0.25, -0.2) is 0 Å². The molecule has 3 heteroatoms.